The van der Waals surface area contributed by atoms with Crippen molar-refractivity contribution in [1.29, 1.82) is 5.26 Å². The fourth-order valence-electron chi connectivity index (χ4n) is 3.01. The van der Waals surface area contributed by atoms with E-state index in [1.807, 2.05) is 35.2 Å². The highest BCUT2D eigenvalue weighted by molar-refractivity contribution is 5.86. The molecule has 0 bridgehead atoms. The quantitative estimate of drug-likeness (QED) is 0.840. The van der Waals surface area contributed by atoms with E-state index in [1.54, 1.807) is 0 Å². The van der Waals surface area contributed by atoms with E-state index in [2.05, 4.69) is 13.0 Å². The average Bonchev–Trinajstić information content (AvgIpc) is 2.50. The van der Waals surface area contributed by atoms with Crippen LogP contribution in [0.4, 0.5) is 0 Å². The lowest BCUT2D eigenvalue weighted by Gasteiger charge is -2.37. The standard InChI is InChI=1S/C17H22N2O/c1-2-8-15-11-6-7-12-19(15)17(20)16(13-18)14-9-4-3-5-10-14/h3-5,9-10,15-16H,2,6-8,11-12H2,1H3. The van der Waals surface area contributed by atoms with Crippen molar-refractivity contribution in [3.63, 3.8) is 0 Å². The molecule has 3 heteroatoms. The first-order valence-corrected chi connectivity index (χ1v) is 7.53. The lowest BCUT2D eigenvalue weighted by Crippen LogP contribution is -2.45. The molecule has 1 aromatic carbocycles. The van der Waals surface area contributed by atoms with Gasteiger partial charge in [-0.15, -0.1) is 0 Å². The highest BCUT2D eigenvalue weighted by Crippen LogP contribution is 2.26. The van der Waals surface area contributed by atoms with Crippen LogP contribution in [-0.4, -0.2) is 23.4 Å². The number of carbonyl (C=O) groups is 1. The minimum absolute atomic E-state index is 0.0168. The summed E-state index contributed by atoms with van der Waals surface area (Å²) < 4.78 is 0. The van der Waals surface area contributed by atoms with Crippen LogP contribution in [0.2, 0.25) is 0 Å². The lowest BCUT2D eigenvalue weighted by molar-refractivity contribution is -0.135. The van der Waals surface area contributed by atoms with E-state index in [-0.39, 0.29) is 5.91 Å². The molecule has 0 radical (unpaired) electrons. The minimum atomic E-state index is -0.659. The molecule has 1 aromatic rings. The molecule has 1 saturated heterocycles. The molecule has 1 fully saturated rings. The maximum Gasteiger partial charge on any atom is 0.244 e. The van der Waals surface area contributed by atoms with Crippen molar-refractivity contribution >= 4 is 5.91 Å². The third-order valence-electron chi connectivity index (χ3n) is 4.04. The second-order valence-electron chi connectivity index (χ2n) is 5.44. The van der Waals surface area contributed by atoms with Crippen molar-refractivity contribution in [3.8, 4) is 6.07 Å². The number of benzene rings is 1. The van der Waals surface area contributed by atoms with E-state index in [0.717, 1.165) is 37.8 Å². The van der Waals surface area contributed by atoms with Crippen molar-refractivity contribution in [2.75, 3.05) is 6.54 Å². The van der Waals surface area contributed by atoms with E-state index >= 15 is 0 Å². The van der Waals surface area contributed by atoms with Crippen LogP contribution >= 0.6 is 0 Å². The highest BCUT2D eigenvalue weighted by atomic mass is 16.2. The van der Waals surface area contributed by atoms with Crippen LogP contribution in [0.1, 0.15) is 50.5 Å². The Bertz CT molecular complexity index is 476. The molecule has 2 unspecified atom stereocenters. The Labute approximate surface area is 121 Å². The number of hydrogen-bond donors (Lipinski definition) is 0. The summed E-state index contributed by atoms with van der Waals surface area (Å²) in [6, 6.07) is 11.9. The summed E-state index contributed by atoms with van der Waals surface area (Å²) in [4.78, 5) is 14.7. The number of nitriles is 1. The fraction of sp³-hybridized carbons (Fsp3) is 0.529. The number of nitrogens with zero attached hydrogens (tertiary/aromatic N) is 2. The van der Waals surface area contributed by atoms with Gasteiger partial charge in [0, 0.05) is 12.6 Å². The first-order chi connectivity index (χ1) is 9.77. The second kappa shape index (κ2) is 7.09. The summed E-state index contributed by atoms with van der Waals surface area (Å²) in [5, 5.41) is 9.40. The molecule has 2 rings (SSSR count). The number of piperidine rings is 1. The number of rotatable bonds is 4. The zero-order valence-corrected chi connectivity index (χ0v) is 12.1. The predicted molar refractivity (Wildman–Crippen MR) is 79.1 cm³/mol. The zero-order valence-electron chi connectivity index (χ0n) is 12.1. The van der Waals surface area contributed by atoms with Crippen molar-refractivity contribution in [3.05, 3.63) is 35.9 Å². The molecule has 1 amide bonds. The van der Waals surface area contributed by atoms with Gasteiger partial charge < -0.3 is 4.90 Å². The first-order valence-electron chi connectivity index (χ1n) is 7.53. The van der Waals surface area contributed by atoms with Gasteiger partial charge in [-0.1, -0.05) is 43.7 Å². The van der Waals surface area contributed by atoms with Crippen LogP contribution in [0.3, 0.4) is 0 Å². The Balaban J connectivity index is 2.17. The fourth-order valence-corrected chi connectivity index (χ4v) is 3.01. The van der Waals surface area contributed by atoms with Gasteiger partial charge in [-0.05, 0) is 31.2 Å². The predicted octanol–water partition coefficient (Wildman–Crippen LogP) is 3.47. The summed E-state index contributed by atoms with van der Waals surface area (Å²) >= 11 is 0. The van der Waals surface area contributed by atoms with Gasteiger partial charge in [-0.2, -0.15) is 5.26 Å². The van der Waals surface area contributed by atoms with Crippen molar-refractivity contribution in [2.45, 2.75) is 51.0 Å². The minimum Gasteiger partial charge on any atom is -0.338 e. The van der Waals surface area contributed by atoms with Gasteiger partial charge in [0.1, 0.15) is 5.92 Å². The summed E-state index contributed by atoms with van der Waals surface area (Å²) in [5.41, 5.74) is 0.806. The van der Waals surface area contributed by atoms with Gasteiger partial charge >= 0.3 is 0 Å². The highest BCUT2D eigenvalue weighted by Gasteiger charge is 2.31. The number of carbonyl (C=O) groups excluding carboxylic acids is 1. The molecule has 1 aliphatic rings. The van der Waals surface area contributed by atoms with Gasteiger partial charge in [0.2, 0.25) is 5.91 Å². The Morgan fingerprint density at radius 3 is 2.80 bits per heavy atom. The van der Waals surface area contributed by atoms with E-state index in [9.17, 15) is 10.1 Å². The number of amides is 1. The SMILES string of the molecule is CCCC1CCCCN1C(=O)C(C#N)c1ccccc1. The molecule has 0 N–H and O–H groups in total. The summed E-state index contributed by atoms with van der Waals surface area (Å²) in [6.45, 7) is 2.95. The monoisotopic (exact) mass is 270 g/mol. The van der Waals surface area contributed by atoms with Gasteiger partial charge in [-0.3, -0.25) is 4.79 Å². The van der Waals surface area contributed by atoms with Crippen molar-refractivity contribution in [1.82, 2.24) is 4.90 Å². The van der Waals surface area contributed by atoms with E-state index in [4.69, 9.17) is 0 Å². The van der Waals surface area contributed by atoms with Gasteiger partial charge in [0.15, 0.2) is 0 Å². The lowest BCUT2D eigenvalue weighted by atomic mass is 9.93. The van der Waals surface area contributed by atoms with Crippen molar-refractivity contribution < 1.29 is 4.79 Å². The van der Waals surface area contributed by atoms with Crippen LogP contribution in [0.15, 0.2) is 30.3 Å². The maximum atomic E-state index is 12.7. The number of hydrogen-bond acceptors (Lipinski definition) is 2. The van der Waals surface area contributed by atoms with E-state index in [1.165, 1.54) is 6.42 Å². The largest absolute Gasteiger partial charge is 0.338 e. The molecule has 106 valence electrons. The molecule has 0 aliphatic carbocycles. The topological polar surface area (TPSA) is 44.1 Å². The Morgan fingerprint density at radius 1 is 1.40 bits per heavy atom. The van der Waals surface area contributed by atoms with Crippen LogP contribution < -0.4 is 0 Å². The third kappa shape index (κ3) is 3.19. The molecular weight excluding hydrogens is 248 g/mol. The van der Waals surface area contributed by atoms with Crippen LogP contribution in [0, 0.1) is 11.3 Å². The second-order valence-corrected chi connectivity index (χ2v) is 5.44. The van der Waals surface area contributed by atoms with E-state index in [0.29, 0.717) is 6.04 Å². The van der Waals surface area contributed by atoms with Gasteiger partial charge in [0.25, 0.3) is 0 Å². The summed E-state index contributed by atoms with van der Waals surface area (Å²) in [6.07, 6.45) is 5.44. The Kier molecular flexibility index (Phi) is 5.17. The summed E-state index contributed by atoms with van der Waals surface area (Å²) in [5.74, 6) is -0.675. The van der Waals surface area contributed by atoms with Crippen LogP contribution in [-0.2, 0) is 4.79 Å². The third-order valence-corrected chi connectivity index (χ3v) is 4.04. The van der Waals surface area contributed by atoms with Gasteiger partial charge in [-0.25, -0.2) is 0 Å². The van der Waals surface area contributed by atoms with Crippen molar-refractivity contribution in [2.24, 2.45) is 0 Å². The molecule has 0 spiro atoms. The molecule has 1 heterocycles. The molecule has 3 nitrogen and oxygen atoms in total. The number of likely N-dealkylation sites (tertiary alicyclic amines) is 1. The van der Waals surface area contributed by atoms with E-state index < -0.39 is 5.92 Å². The van der Waals surface area contributed by atoms with Crippen LogP contribution in [0.5, 0.6) is 0 Å². The normalized spacial score (nSPS) is 20.2. The molecule has 20 heavy (non-hydrogen) atoms. The molecule has 0 aromatic heterocycles. The Morgan fingerprint density at radius 2 is 2.15 bits per heavy atom. The Hall–Kier alpha value is -1.82. The zero-order chi connectivity index (χ0) is 14.4. The smallest absolute Gasteiger partial charge is 0.244 e. The molecule has 0 saturated carbocycles. The molecule has 1 aliphatic heterocycles. The maximum absolute atomic E-state index is 12.7. The molecule has 2 atom stereocenters. The molecular formula is C17H22N2O. The summed E-state index contributed by atoms with van der Waals surface area (Å²) in [7, 11) is 0. The average molecular weight is 270 g/mol. The van der Waals surface area contributed by atoms with Gasteiger partial charge in [0.05, 0.1) is 6.07 Å². The van der Waals surface area contributed by atoms with Crippen LogP contribution in [0.25, 0.3) is 0 Å². The first kappa shape index (κ1) is 14.6.